The molecule has 1 aromatic carbocycles. The number of hydrogen-bond donors (Lipinski definition) is 1. The Morgan fingerprint density at radius 3 is 2.67 bits per heavy atom. The summed E-state index contributed by atoms with van der Waals surface area (Å²) in [6.07, 6.45) is 3.82. The Balaban J connectivity index is 1.50. The Hall–Kier alpha value is -3.30. The first kappa shape index (κ1) is 21.4. The lowest BCUT2D eigenvalue weighted by molar-refractivity contribution is -0.385. The maximum absolute atomic E-state index is 12.4. The highest BCUT2D eigenvalue weighted by Crippen LogP contribution is 2.30. The molecular formula is C20H23N3O7. The largest absolute Gasteiger partial charge is 0.456 e. The van der Waals surface area contributed by atoms with Crippen molar-refractivity contribution < 1.29 is 28.8 Å². The van der Waals surface area contributed by atoms with Gasteiger partial charge in [0, 0.05) is 18.7 Å². The number of rotatable bonds is 7. The summed E-state index contributed by atoms with van der Waals surface area (Å²) in [4.78, 5) is 60.0. The topological polar surface area (TPSA) is 136 Å². The zero-order chi connectivity index (χ0) is 21.8. The van der Waals surface area contributed by atoms with Gasteiger partial charge in [0.05, 0.1) is 16.9 Å². The van der Waals surface area contributed by atoms with Gasteiger partial charge in [-0.15, -0.1) is 0 Å². The summed E-state index contributed by atoms with van der Waals surface area (Å²) in [5.74, 6) is -2.28. The van der Waals surface area contributed by atoms with Crippen molar-refractivity contribution in [1.29, 1.82) is 0 Å². The van der Waals surface area contributed by atoms with Gasteiger partial charge in [-0.1, -0.05) is 25.8 Å². The van der Waals surface area contributed by atoms with Crippen molar-refractivity contribution in [3.63, 3.8) is 0 Å². The van der Waals surface area contributed by atoms with Gasteiger partial charge in [0.2, 0.25) is 0 Å². The smallest absolute Gasteiger partial charge is 0.308 e. The zero-order valence-electron chi connectivity index (χ0n) is 16.6. The van der Waals surface area contributed by atoms with E-state index in [1.165, 1.54) is 12.1 Å². The molecule has 30 heavy (non-hydrogen) atoms. The third kappa shape index (κ3) is 4.47. The Morgan fingerprint density at radius 1 is 1.23 bits per heavy atom. The van der Waals surface area contributed by atoms with Crippen LogP contribution in [-0.4, -0.2) is 52.7 Å². The molecule has 2 aliphatic rings. The molecule has 3 rings (SSSR count). The summed E-state index contributed by atoms with van der Waals surface area (Å²) in [5, 5.41) is 14.0. The van der Waals surface area contributed by atoms with Gasteiger partial charge in [0.1, 0.15) is 5.56 Å². The molecule has 0 bridgehead atoms. The molecule has 10 heteroatoms. The van der Waals surface area contributed by atoms with E-state index in [-0.39, 0.29) is 30.1 Å². The van der Waals surface area contributed by atoms with Crippen LogP contribution >= 0.6 is 0 Å². The van der Waals surface area contributed by atoms with Crippen molar-refractivity contribution in [3.05, 3.63) is 39.4 Å². The van der Waals surface area contributed by atoms with Crippen molar-refractivity contribution in [2.24, 2.45) is 5.92 Å². The summed E-state index contributed by atoms with van der Waals surface area (Å²) < 4.78 is 4.94. The van der Waals surface area contributed by atoms with E-state index >= 15 is 0 Å². The first-order valence-electron chi connectivity index (χ1n) is 9.88. The highest BCUT2D eigenvalue weighted by molar-refractivity contribution is 6.23. The van der Waals surface area contributed by atoms with Crippen LogP contribution in [0.1, 0.15) is 59.7 Å². The van der Waals surface area contributed by atoms with E-state index < -0.39 is 40.9 Å². The molecule has 1 saturated carbocycles. The van der Waals surface area contributed by atoms with Gasteiger partial charge in [0.25, 0.3) is 23.4 Å². The predicted molar refractivity (Wildman–Crippen MR) is 104 cm³/mol. The number of nitrogens with zero attached hydrogens (tertiary/aromatic N) is 2. The molecule has 1 heterocycles. The highest BCUT2D eigenvalue weighted by atomic mass is 16.6. The Morgan fingerprint density at radius 2 is 1.97 bits per heavy atom. The number of nitrogens with one attached hydrogen (secondary N) is 1. The summed E-state index contributed by atoms with van der Waals surface area (Å²) in [5.41, 5.74) is -0.796. The molecule has 1 aliphatic carbocycles. The Labute approximate surface area is 172 Å². The summed E-state index contributed by atoms with van der Waals surface area (Å²) >= 11 is 0. The van der Waals surface area contributed by atoms with Crippen LogP contribution in [0.3, 0.4) is 0 Å². The van der Waals surface area contributed by atoms with Gasteiger partial charge in [0.15, 0.2) is 6.61 Å². The molecule has 160 valence electrons. The number of benzene rings is 1. The molecule has 0 unspecified atom stereocenters. The average molecular weight is 417 g/mol. The van der Waals surface area contributed by atoms with Crippen LogP contribution < -0.4 is 5.32 Å². The lowest BCUT2D eigenvalue weighted by Gasteiger charge is -2.29. The fourth-order valence-electron chi connectivity index (χ4n) is 3.87. The number of carbonyl (C=O) groups is 4. The monoisotopic (exact) mass is 417 g/mol. The third-order valence-corrected chi connectivity index (χ3v) is 5.54. The van der Waals surface area contributed by atoms with E-state index in [2.05, 4.69) is 12.2 Å². The second-order valence-electron chi connectivity index (χ2n) is 7.57. The van der Waals surface area contributed by atoms with Crippen LogP contribution in [0.5, 0.6) is 0 Å². The van der Waals surface area contributed by atoms with Gasteiger partial charge in [-0.25, -0.2) is 0 Å². The molecular weight excluding hydrogens is 394 g/mol. The number of nitro benzene ring substituents is 1. The molecule has 1 N–H and O–H groups in total. The fourth-order valence-corrected chi connectivity index (χ4v) is 3.87. The van der Waals surface area contributed by atoms with Crippen LogP contribution in [0.2, 0.25) is 0 Å². The lowest BCUT2D eigenvalue weighted by atomic mass is 9.86. The Bertz CT molecular complexity index is 898. The standard InChI is InChI=1S/C20H23N3O7/c1-12-5-2-3-7-14(12)21-16(24)11-30-17(25)9-10-22-19(26)13-6-4-8-15(23(28)29)18(13)20(22)27/h4,6,8,12,14H,2-3,5,7,9-11H2,1H3,(H,21,24)/t12-,14-/m0/s1. The van der Waals surface area contributed by atoms with Gasteiger partial charge >= 0.3 is 5.97 Å². The molecule has 3 amide bonds. The van der Waals surface area contributed by atoms with Crippen LogP contribution in [-0.2, 0) is 14.3 Å². The van der Waals surface area contributed by atoms with Crippen LogP contribution in [0.4, 0.5) is 5.69 Å². The first-order valence-corrected chi connectivity index (χ1v) is 9.88. The van der Waals surface area contributed by atoms with E-state index in [1.54, 1.807) is 0 Å². The van der Waals surface area contributed by atoms with Crippen molar-refractivity contribution >= 4 is 29.4 Å². The van der Waals surface area contributed by atoms with Crippen molar-refractivity contribution in [1.82, 2.24) is 10.2 Å². The molecule has 0 aromatic heterocycles. The normalized spacial score (nSPS) is 20.6. The maximum Gasteiger partial charge on any atom is 0.308 e. The highest BCUT2D eigenvalue weighted by Gasteiger charge is 2.40. The van der Waals surface area contributed by atoms with E-state index in [1.807, 2.05) is 0 Å². The van der Waals surface area contributed by atoms with Gasteiger partial charge in [-0.2, -0.15) is 0 Å². The number of carbonyl (C=O) groups excluding carboxylic acids is 4. The van der Waals surface area contributed by atoms with E-state index in [0.29, 0.717) is 5.92 Å². The zero-order valence-corrected chi connectivity index (χ0v) is 16.6. The average Bonchev–Trinajstić information content (AvgIpc) is 2.96. The molecule has 1 aliphatic heterocycles. The molecule has 0 radical (unpaired) electrons. The van der Waals surface area contributed by atoms with Crippen LogP contribution in [0, 0.1) is 16.0 Å². The van der Waals surface area contributed by atoms with Crippen molar-refractivity contribution in [2.45, 2.75) is 45.1 Å². The fraction of sp³-hybridized carbons (Fsp3) is 0.500. The second kappa shape index (κ2) is 9.02. The number of hydrogen-bond acceptors (Lipinski definition) is 7. The van der Waals surface area contributed by atoms with Gasteiger partial charge in [-0.3, -0.25) is 34.2 Å². The van der Waals surface area contributed by atoms with E-state index in [4.69, 9.17) is 4.74 Å². The van der Waals surface area contributed by atoms with Crippen molar-refractivity contribution in [3.8, 4) is 0 Å². The number of amides is 3. The number of ether oxygens (including phenoxy) is 1. The van der Waals surface area contributed by atoms with Crippen LogP contribution in [0.25, 0.3) is 0 Å². The predicted octanol–water partition coefficient (Wildman–Crippen LogP) is 1.82. The quantitative estimate of drug-likeness (QED) is 0.309. The number of nitro groups is 1. The summed E-state index contributed by atoms with van der Waals surface area (Å²) in [6.45, 7) is 1.35. The number of esters is 1. The minimum atomic E-state index is -0.820. The third-order valence-electron chi connectivity index (χ3n) is 5.54. The number of fused-ring (bicyclic) bond motifs is 1. The second-order valence-corrected chi connectivity index (χ2v) is 7.57. The maximum atomic E-state index is 12.4. The summed E-state index contributed by atoms with van der Waals surface area (Å²) in [7, 11) is 0. The van der Waals surface area contributed by atoms with Gasteiger partial charge < -0.3 is 10.1 Å². The molecule has 2 atom stereocenters. The molecule has 0 spiro atoms. The summed E-state index contributed by atoms with van der Waals surface area (Å²) in [6, 6.07) is 3.87. The lowest BCUT2D eigenvalue weighted by Crippen LogP contribution is -2.43. The SMILES string of the molecule is C[C@H]1CCCC[C@@H]1NC(=O)COC(=O)CCN1C(=O)c2cccc([N+](=O)[O-])c2C1=O. The van der Waals surface area contributed by atoms with Crippen molar-refractivity contribution in [2.75, 3.05) is 13.2 Å². The molecule has 1 aromatic rings. The van der Waals surface area contributed by atoms with Crippen LogP contribution in [0.15, 0.2) is 18.2 Å². The Kier molecular flexibility index (Phi) is 6.43. The molecule has 0 saturated heterocycles. The number of imide groups is 1. The minimum Gasteiger partial charge on any atom is -0.456 e. The van der Waals surface area contributed by atoms with E-state index in [9.17, 15) is 29.3 Å². The molecule has 1 fully saturated rings. The first-order chi connectivity index (χ1) is 14.3. The van der Waals surface area contributed by atoms with Gasteiger partial charge in [-0.05, 0) is 24.8 Å². The molecule has 10 nitrogen and oxygen atoms in total. The minimum absolute atomic E-state index is 0.0662. The van der Waals surface area contributed by atoms with E-state index in [0.717, 1.165) is 36.6 Å².